The van der Waals surface area contributed by atoms with Gasteiger partial charge in [-0.15, -0.1) is 0 Å². The second-order valence-corrected chi connectivity index (χ2v) is 5.24. The van der Waals surface area contributed by atoms with Gasteiger partial charge in [-0.1, -0.05) is 18.2 Å². The van der Waals surface area contributed by atoms with Crippen LogP contribution in [0.4, 0.5) is 0 Å². The van der Waals surface area contributed by atoms with Crippen LogP contribution in [0.25, 0.3) is 0 Å². The average molecular weight is 286 g/mol. The van der Waals surface area contributed by atoms with Gasteiger partial charge in [-0.3, -0.25) is 4.21 Å². The Morgan fingerprint density at radius 1 is 0.947 bits per heavy atom. The summed E-state index contributed by atoms with van der Waals surface area (Å²) in [4.78, 5) is 0.742. The quantitative estimate of drug-likeness (QED) is 0.654. The minimum Gasteiger partial charge on any atom is -0.327 e. The van der Waals surface area contributed by atoms with Gasteiger partial charge in [0.1, 0.15) is 5.75 Å². The number of benzene rings is 1. The highest BCUT2D eigenvalue weighted by Gasteiger charge is 2.35. The van der Waals surface area contributed by atoms with E-state index in [2.05, 4.69) is 0 Å². The molecule has 0 aliphatic heterocycles. The van der Waals surface area contributed by atoms with Crippen molar-refractivity contribution in [1.29, 1.82) is 0 Å². The highest BCUT2D eigenvalue weighted by Crippen LogP contribution is 2.20. The molecule has 0 saturated carbocycles. The first-order chi connectivity index (χ1) is 9.17. The van der Waals surface area contributed by atoms with Crippen molar-refractivity contribution in [3.63, 3.8) is 0 Å². The molecule has 0 fully saturated rings. The van der Waals surface area contributed by atoms with Crippen molar-refractivity contribution in [1.82, 2.24) is 0 Å². The summed E-state index contributed by atoms with van der Waals surface area (Å²) in [7, 11) is -1.23. The molecule has 0 amide bonds. The fourth-order valence-corrected chi connectivity index (χ4v) is 2.92. The number of ether oxygens (including phenoxy) is 3. The Balaban J connectivity index is 2.83. The molecular formula is C14H22O4S. The van der Waals surface area contributed by atoms with Crippen LogP contribution in [0.1, 0.15) is 20.8 Å². The average Bonchev–Trinajstić information content (AvgIpc) is 2.40. The topological polar surface area (TPSA) is 44.8 Å². The summed E-state index contributed by atoms with van der Waals surface area (Å²) in [5, 5.41) is 0. The number of hydrogen-bond acceptors (Lipinski definition) is 4. The fourth-order valence-electron chi connectivity index (χ4n) is 1.73. The Labute approximate surface area is 117 Å². The van der Waals surface area contributed by atoms with E-state index in [4.69, 9.17) is 14.2 Å². The molecule has 108 valence electrons. The van der Waals surface area contributed by atoms with Crippen molar-refractivity contribution in [2.24, 2.45) is 0 Å². The second kappa shape index (κ2) is 8.43. The summed E-state index contributed by atoms with van der Waals surface area (Å²) in [5.74, 6) is -1.06. The van der Waals surface area contributed by atoms with Crippen LogP contribution in [0.5, 0.6) is 0 Å². The van der Waals surface area contributed by atoms with Gasteiger partial charge >= 0.3 is 0 Å². The lowest BCUT2D eigenvalue weighted by molar-refractivity contribution is -0.362. The monoisotopic (exact) mass is 286 g/mol. The van der Waals surface area contributed by atoms with Crippen molar-refractivity contribution in [3.8, 4) is 0 Å². The zero-order chi connectivity index (χ0) is 14.1. The zero-order valence-electron chi connectivity index (χ0n) is 11.8. The van der Waals surface area contributed by atoms with E-state index >= 15 is 0 Å². The minimum absolute atomic E-state index is 0.159. The van der Waals surface area contributed by atoms with E-state index < -0.39 is 16.8 Å². The summed E-state index contributed by atoms with van der Waals surface area (Å²) < 4.78 is 29.1. The van der Waals surface area contributed by atoms with E-state index in [0.29, 0.717) is 19.8 Å². The third kappa shape index (κ3) is 5.03. The maximum Gasteiger partial charge on any atom is 0.295 e. The zero-order valence-corrected chi connectivity index (χ0v) is 12.6. The molecule has 0 bridgehead atoms. The highest BCUT2D eigenvalue weighted by atomic mass is 32.2. The summed E-state index contributed by atoms with van der Waals surface area (Å²) in [6, 6.07) is 9.25. The van der Waals surface area contributed by atoms with Gasteiger partial charge in [0.05, 0.1) is 10.8 Å². The molecule has 1 aromatic rings. The van der Waals surface area contributed by atoms with Crippen LogP contribution < -0.4 is 0 Å². The van der Waals surface area contributed by atoms with Gasteiger partial charge in [0.2, 0.25) is 0 Å². The molecule has 1 atom stereocenters. The molecule has 1 rings (SSSR count). The van der Waals surface area contributed by atoms with E-state index in [1.54, 1.807) is 0 Å². The van der Waals surface area contributed by atoms with Crippen LogP contribution in [0.2, 0.25) is 0 Å². The SMILES string of the molecule is CCOC(C[S@@](=O)c1ccccc1)(OCC)OCC. The van der Waals surface area contributed by atoms with Gasteiger partial charge in [-0.25, -0.2) is 0 Å². The molecule has 4 nitrogen and oxygen atoms in total. The molecule has 0 radical (unpaired) electrons. The van der Waals surface area contributed by atoms with Crippen LogP contribution in [0.3, 0.4) is 0 Å². The molecule has 1 aromatic carbocycles. The molecule has 0 heterocycles. The van der Waals surface area contributed by atoms with Gasteiger partial charge in [-0.2, -0.15) is 0 Å². The van der Waals surface area contributed by atoms with E-state index in [0.717, 1.165) is 4.90 Å². The van der Waals surface area contributed by atoms with Crippen molar-refractivity contribution in [3.05, 3.63) is 30.3 Å². The lowest BCUT2D eigenvalue weighted by atomic mass is 10.4. The molecule has 0 unspecified atom stereocenters. The first-order valence-electron chi connectivity index (χ1n) is 6.52. The van der Waals surface area contributed by atoms with Crippen molar-refractivity contribution in [2.45, 2.75) is 31.6 Å². The van der Waals surface area contributed by atoms with Crippen LogP contribution in [-0.2, 0) is 25.0 Å². The van der Waals surface area contributed by atoms with Gasteiger partial charge in [-0.05, 0) is 32.9 Å². The van der Waals surface area contributed by atoms with E-state index in [1.165, 1.54) is 0 Å². The van der Waals surface area contributed by atoms with Crippen molar-refractivity contribution >= 4 is 10.8 Å². The molecule has 0 aliphatic carbocycles. The molecule has 0 N–H and O–H groups in total. The Kier molecular flexibility index (Phi) is 7.23. The highest BCUT2D eigenvalue weighted by molar-refractivity contribution is 7.85. The van der Waals surface area contributed by atoms with Gasteiger partial charge in [0, 0.05) is 24.7 Å². The van der Waals surface area contributed by atoms with Gasteiger partial charge < -0.3 is 14.2 Å². The molecule has 0 saturated heterocycles. The summed E-state index contributed by atoms with van der Waals surface area (Å²) in [6.45, 7) is 6.89. The largest absolute Gasteiger partial charge is 0.327 e. The Bertz CT molecular complexity index is 363. The van der Waals surface area contributed by atoms with Crippen LogP contribution >= 0.6 is 0 Å². The molecule has 0 aromatic heterocycles. The predicted molar refractivity (Wildman–Crippen MR) is 75.3 cm³/mol. The van der Waals surface area contributed by atoms with Crippen molar-refractivity contribution < 1.29 is 18.4 Å². The first-order valence-corrected chi connectivity index (χ1v) is 7.84. The molecular weight excluding hydrogens is 264 g/mol. The third-order valence-electron chi connectivity index (χ3n) is 2.41. The predicted octanol–water partition coefficient (Wildman–Crippen LogP) is 2.56. The molecule has 5 heteroatoms. The van der Waals surface area contributed by atoms with Crippen molar-refractivity contribution in [2.75, 3.05) is 25.6 Å². The second-order valence-electron chi connectivity index (χ2n) is 3.78. The minimum atomic E-state index is -1.23. The lowest BCUT2D eigenvalue weighted by Gasteiger charge is -2.31. The van der Waals surface area contributed by atoms with Gasteiger partial charge in [0.25, 0.3) is 5.97 Å². The Morgan fingerprint density at radius 3 is 1.84 bits per heavy atom. The summed E-state index contributed by atoms with van der Waals surface area (Å²) in [5.41, 5.74) is 0. The maximum atomic E-state index is 12.4. The maximum absolute atomic E-state index is 12.4. The molecule has 0 aliphatic rings. The Hall–Kier alpha value is -0.750. The lowest BCUT2D eigenvalue weighted by Crippen LogP contribution is -2.44. The van der Waals surface area contributed by atoms with E-state index in [1.807, 2.05) is 51.1 Å². The standard InChI is InChI=1S/C14H22O4S/c1-4-16-14(17-5-2,18-6-3)12-19(15)13-10-8-7-9-11-13/h7-11H,4-6,12H2,1-3H3/t19-/m1/s1. The summed E-state index contributed by atoms with van der Waals surface area (Å²) in [6.07, 6.45) is 0. The Morgan fingerprint density at radius 2 is 1.42 bits per heavy atom. The molecule has 0 spiro atoms. The smallest absolute Gasteiger partial charge is 0.295 e. The first kappa shape index (κ1) is 16.3. The number of rotatable bonds is 9. The van der Waals surface area contributed by atoms with Crippen LogP contribution in [-0.4, -0.2) is 35.8 Å². The third-order valence-corrected chi connectivity index (χ3v) is 3.82. The summed E-state index contributed by atoms with van der Waals surface area (Å²) >= 11 is 0. The van der Waals surface area contributed by atoms with Gasteiger partial charge in [0.15, 0.2) is 0 Å². The van der Waals surface area contributed by atoms with Crippen LogP contribution in [0.15, 0.2) is 35.2 Å². The van der Waals surface area contributed by atoms with E-state index in [-0.39, 0.29) is 5.75 Å². The molecule has 19 heavy (non-hydrogen) atoms. The number of hydrogen-bond donors (Lipinski definition) is 0. The fraction of sp³-hybridized carbons (Fsp3) is 0.571. The van der Waals surface area contributed by atoms with Crippen LogP contribution in [0, 0.1) is 0 Å². The van der Waals surface area contributed by atoms with E-state index in [9.17, 15) is 4.21 Å². The normalized spacial score (nSPS) is 13.4.